The smallest absolute Gasteiger partial charge is 0.244 e. The molecular weight excluding hydrogens is 295 g/mol. The largest absolute Gasteiger partial charge is 0.481 e. The van der Waals surface area contributed by atoms with Crippen LogP contribution in [0.2, 0.25) is 0 Å². The lowest BCUT2D eigenvalue weighted by Gasteiger charge is -2.02. The summed E-state index contributed by atoms with van der Waals surface area (Å²) in [6.45, 7) is 0.215. The predicted octanol–water partition coefficient (Wildman–Crippen LogP) is 2.53. The van der Waals surface area contributed by atoms with Crippen LogP contribution in [-0.4, -0.2) is 18.7 Å². The molecule has 4 nitrogen and oxygen atoms in total. The molecule has 5 heteroatoms. The molecule has 0 aliphatic rings. The van der Waals surface area contributed by atoms with Gasteiger partial charge in [0.05, 0.1) is 12.6 Å². The van der Waals surface area contributed by atoms with Crippen LogP contribution in [0, 0.1) is 18.2 Å². The van der Waals surface area contributed by atoms with Crippen LogP contribution in [0.4, 0.5) is 4.39 Å². The van der Waals surface area contributed by atoms with Gasteiger partial charge in [-0.1, -0.05) is 18.1 Å². The van der Waals surface area contributed by atoms with Gasteiger partial charge in [0.15, 0.2) is 0 Å². The number of carbonyl (C=O) groups excluding carboxylic acids is 1. The first-order valence-corrected chi connectivity index (χ1v) is 6.90. The molecule has 0 atom stereocenters. The number of benzene rings is 2. The molecule has 0 saturated heterocycles. The molecule has 0 radical (unpaired) electrons. The minimum atomic E-state index is -0.332. The van der Waals surface area contributed by atoms with E-state index in [4.69, 9.17) is 11.2 Å². The molecule has 2 aromatic carbocycles. The Bertz CT molecular complexity index is 716. The van der Waals surface area contributed by atoms with Gasteiger partial charge in [0, 0.05) is 0 Å². The molecule has 0 aliphatic heterocycles. The van der Waals surface area contributed by atoms with Crippen LogP contribution in [0.1, 0.15) is 11.1 Å². The van der Waals surface area contributed by atoms with Crippen molar-refractivity contribution in [3.8, 4) is 18.1 Å². The van der Waals surface area contributed by atoms with Crippen molar-refractivity contribution in [3.63, 3.8) is 0 Å². The predicted molar refractivity (Wildman–Crippen MR) is 86.6 cm³/mol. The Hall–Kier alpha value is -3.13. The van der Waals surface area contributed by atoms with Crippen LogP contribution in [-0.2, 0) is 11.2 Å². The van der Waals surface area contributed by atoms with Gasteiger partial charge < -0.3 is 4.74 Å². The highest BCUT2D eigenvalue weighted by Crippen LogP contribution is 2.10. The number of nitrogens with zero attached hydrogens (tertiary/aromatic N) is 1. The van der Waals surface area contributed by atoms with Gasteiger partial charge in [-0.25, -0.2) is 9.82 Å². The summed E-state index contributed by atoms with van der Waals surface area (Å²) in [4.78, 5) is 11.7. The second kappa shape index (κ2) is 8.35. The van der Waals surface area contributed by atoms with E-state index in [1.165, 1.54) is 18.3 Å². The fraction of sp³-hybridized carbons (Fsp3) is 0.111. The fourth-order valence-corrected chi connectivity index (χ4v) is 1.78. The number of hydrazone groups is 1. The molecule has 0 unspecified atom stereocenters. The summed E-state index contributed by atoms with van der Waals surface area (Å²) in [7, 11) is 0. The second-order valence-corrected chi connectivity index (χ2v) is 4.66. The summed E-state index contributed by atoms with van der Waals surface area (Å²) < 4.78 is 18.0. The summed E-state index contributed by atoms with van der Waals surface area (Å²) in [5.41, 5.74) is 3.94. The van der Waals surface area contributed by atoms with E-state index < -0.39 is 0 Å². The Kier molecular flexibility index (Phi) is 5.89. The van der Waals surface area contributed by atoms with E-state index in [1.54, 1.807) is 36.4 Å². The van der Waals surface area contributed by atoms with Gasteiger partial charge in [-0.3, -0.25) is 4.79 Å². The fourth-order valence-electron chi connectivity index (χ4n) is 1.78. The van der Waals surface area contributed by atoms with Crippen molar-refractivity contribution >= 4 is 12.1 Å². The number of terminal acetylenes is 1. The van der Waals surface area contributed by atoms with Gasteiger partial charge >= 0.3 is 0 Å². The maximum Gasteiger partial charge on any atom is 0.244 e. The van der Waals surface area contributed by atoms with E-state index >= 15 is 0 Å². The molecule has 0 aliphatic carbocycles. The highest BCUT2D eigenvalue weighted by molar-refractivity contribution is 5.83. The zero-order chi connectivity index (χ0) is 16.5. The zero-order valence-corrected chi connectivity index (χ0v) is 12.3. The monoisotopic (exact) mass is 310 g/mol. The van der Waals surface area contributed by atoms with Gasteiger partial charge in [-0.15, -0.1) is 6.42 Å². The topological polar surface area (TPSA) is 50.7 Å². The van der Waals surface area contributed by atoms with Crippen LogP contribution < -0.4 is 10.2 Å². The van der Waals surface area contributed by atoms with Crippen molar-refractivity contribution < 1.29 is 13.9 Å². The second-order valence-electron chi connectivity index (χ2n) is 4.66. The van der Waals surface area contributed by atoms with Crippen molar-refractivity contribution in [2.45, 2.75) is 6.42 Å². The van der Waals surface area contributed by atoms with E-state index in [9.17, 15) is 9.18 Å². The maximum absolute atomic E-state index is 12.8. The molecule has 0 heterocycles. The van der Waals surface area contributed by atoms with Gasteiger partial charge in [0.2, 0.25) is 5.91 Å². The lowest BCUT2D eigenvalue weighted by atomic mass is 10.1. The van der Waals surface area contributed by atoms with E-state index in [0.29, 0.717) is 11.3 Å². The minimum absolute atomic E-state index is 0.135. The van der Waals surface area contributed by atoms with Crippen LogP contribution in [0.3, 0.4) is 0 Å². The molecule has 0 aromatic heterocycles. The third-order valence-corrected chi connectivity index (χ3v) is 2.88. The van der Waals surface area contributed by atoms with Crippen molar-refractivity contribution in [2.24, 2.45) is 5.10 Å². The van der Waals surface area contributed by atoms with Gasteiger partial charge in [-0.05, 0) is 47.5 Å². The lowest BCUT2D eigenvalue weighted by Crippen LogP contribution is -2.19. The average molecular weight is 310 g/mol. The maximum atomic E-state index is 12.8. The number of ether oxygens (including phenoxy) is 1. The van der Waals surface area contributed by atoms with Crippen molar-refractivity contribution in [3.05, 3.63) is 65.5 Å². The van der Waals surface area contributed by atoms with Gasteiger partial charge in [0.25, 0.3) is 0 Å². The van der Waals surface area contributed by atoms with E-state index in [0.717, 1.165) is 5.56 Å². The Morgan fingerprint density at radius 2 is 1.91 bits per heavy atom. The summed E-state index contributed by atoms with van der Waals surface area (Å²) in [6, 6.07) is 12.9. The third kappa shape index (κ3) is 5.64. The molecular formula is C18H15FN2O2. The van der Waals surface area contributed by atoms with E-state index in [1.807, 2.05) is 0 Å². The first-order valence-electron chi connectivity index (χ1n) is 6.90. The Balaban J connectivity index is 1.82. The SMILES string of the molecule is C#CCOc1ccc(/C=N/NC(=O)Cc2ccc(F)cc2)cc1. The number of hydrogen-bond donors (Lipinski definition) is 1. The molecule has 1 amide bonds. The number of hydrogen-bond acceptors (Lipinski definition) is 3. The molecule has 0 spiro atoms. The molecule has 1 N–H and O–H groups in total. The number of carbonyl (C=O) groups is 1. The van der Waals surface area contributed by atoms with Gasteiger partial charge in [-0.2, -0.15) is 5.10 Å². The van der Waals surface area contributed by atoms with E-state index in [2.05, 4.69) is 16.4 Å². The average Bonchev–Trinajstić information content (AvgIpc) is 2.56. The summed E-state index contributed by atoms with van der Waals surface area (Å²) in [6.07, 6.45) is 6.76. The van der Waals surface area contributed by atoms with Crippen LogP contribution in [0.5, 0.6) is 5.75 Å². The van der Waals surface area contributed by atoms with Crippen molar-refractivity contribution in [1.29, 1.82) is 0 Å². The summed E-state index contributed by atoms with van der Waals surface area (Å²) in [5, 5.41) is 3.88. The van der Waals surface area contributed by atoms with Crippen molar-refractivity contribution in [1.82, 2.24) is 5.43 Å². The van der Waals surface area contributed by atoms with Gasteiger partial charge in [0.1, 0.15) is 18.2 Å². The van der Waals surface area contributed by atoms with E-state index in [-0.39, 0.29) is 24.8 Å². The number of halogens is 1. The number of amides is 1. The Morgan fingerprint density at radius 1 is 1.22 bits per heavy atom. The normalized spacial score (nSPS) is 10.3. The number of rotatable bonds is 6. The standard InChI is InChI=1S/C18H15FN2O2/c1-2-11-23-17-9-5-15(6-10-17)13-20-21-18(22)12-14-3-7-16(19)8-4-14/h1,3-10,13H,11-12H2,(H,21,22)/b20-13+. The lowest BCUT2D eigenvalue weighted by molar-refractivity contribution is -0.120. The molecule has 23 heavy (non-hydrogen) atoms. The Labute approximate surface area is 134 Å². The molecule has 2 rings (SSSR count). The summed E-state index contributed by atoms with van der Waals surface area (Å²) in [5.74, 6) is 2.44. The van der Waals surface area contributed by atoms with Crippen LogP contribution >= 0.6 is 0 Å². The first kappa shape index (κ1) is 16.2. The number of nitrogens with one attached hydrogen (secondary N) is 1. The van der Waals surface area contributed by atoms with Crippen LogP contribution in [0.15, 0.2) is 53.6 Å². The molecule has 0 fully saturated rings. The highest BCUT2D eigenvalue weighted by atomic mass is 19.1. The van der Waals surface area contributed by atoms with Crippen LogP contribution in [0.25, 0.3) is 0 Å². The molecule has 2 aromatic rings. The molecule has 0 bridgehead atoms. The third-order valence-electron chi connectivity index (χ3n) is 2.88. The Morgan fingerprint density at radius 3 is 2.57 bits per heavy atom. The highest BCUT2D eigenvalue weighted by Gasteiger charge is 2.02. The molecule has 0 saturated carbocycles. The molecule has 116 valence electrons. The first-order chi connectivity index (χ1) is 11.2. The quantitative estimate of drug-likeness (QED) is 0.506. The van der Waals surface area contributed by atoms with Crippen molar-refractivity contribution in [2.75, 3.05) is 6.61 Å². The summed E-state index contributed by atoms with van der Waals surface area (Å²) >= 11 is 0. The minimum Gasteiger partial charge on any atom is -0.481 e. The zero-order valence-electron chi connectivity index (χ0n) is 12.3.